The average molecular weight is 294 g/mol. The largest absolute Gasteiger partial charge is 0.398 e. The third-order valence-electron chi connectivity index (χ3n) is 3.51. The normalized spacial score (nSPS) is 12.2. The summed E-state index contributed by atoms with van der Waals surface area (Å²) in [6.45, 7) is 0.754. The first kappa shape index (κ1) is 13.9. The van der Waals surface area contributed by atoms with Gasteiger partial charge in [0.2, 0.25) is 0 Å². The van der Waals surface area contributed by atoms with Crippen LogP contribution in [0.3, 0.4) is 0 Å². The van der Waals surface area contributed by atoms with Crippen LogP contribution in [-0.4, -0.2) is 0 Å². The van der Waals surface area contributed by atoms with Crippen molar-refractivity contribution in [3.8, 4) is 0 Å². The van der Waals surface area contributed by atoms with E-state index < -0.39 is 0 Å². The molecule has 2 aromatic carbocycles. The number of thiophene rings is 1. The standard InChI is InChI=1S/C18H18N2S/c19-16-10-5-4-9-15(16)13-20-18(17-11-6-12-21-17)14-7-2-1-3-8-14/h1-12,18,20H,13,19H2. The smallest absolute Gasteiger partial charge is 0.0673 e. The molecule has 0 aliphatic rings. The van der Waals surface area contributed by atoms with Gasteiger partial charge in [-0.15, -0.1) is 11.3 Å². The maximum absolute atomic E-state index is 6.03. The van der Waals surface area contributed by atoms with Crippen LogP contribution in [0.1, 0.15) is 22.0 Å². The van der Waals surface area contributed by atoms with E-state index in [0.717, 1.165) is 17.8 Å². The Hall–Kier alpha value is -2.10. The van der Waals surface area contributed by atoms with Crippen molar-refractivity contribution in [3.05, 3.63) is 88.1 Å². The molecule has 0 aliphatic carbocycles. The molecular formula is C18H18N2S. The minimum atomic E-state index is 0.200. The number of rotatable bonds is 5. The van der Waals surface area contributed by atoms with Crippen molar-refractivity contribution in [2.45, 2.75) is 12.6 Å². The van der Waals surface area contributed by atoms with E-state index in [9.17, 15) is 0 Å². The SMILES string of the molecule is Nc1ccccc1CNC(c1ccccc1)c1cccs1. The van der Waals surface area contributed by atoms with E-state index >= 15 is 0 Å². The minimum absolute atomic E-state index is 0.200. The first-order valence-electron chi connectivity index (χ1n) is 7.00. The van der Waals surface area contributed by atoms with Gasteiger partial charge in [-0.05, 0) is 28.6 Å². The zero-order valence-electron chi connectivity index (χ0n) is 11.7. The molecule has 0 radical (unpaired) electrons. The van der Waals surface area contributed by atoms with Gasteiger partial charge in [0.05, 0.1) is 6.04 Å². The van der Waals surface area contributed by atoms with E-state index in [4.69, 9.17) is 5.73 Å². The molecule has 3 N–H and O–H groups in total. The molecule has 21 heavy (non-hydrogen) atoms. The number of nitrogen functional groups attached to an aromatic ring is 1. The number of benzene rings is 2. The van der Waals surface area contributed by atoms with Crippen LogP contribution in [-0.2, 0) is 6.54 Å². The Kier molecular flexibility index (Phi) is 4.34. The van der Waals surface area contributed by atoms with Crippen LogP contribution in [0.2, 0.25) is 0 Å². The highest BCUT2D eigenvalue weighted by Gasteiger charge is 2.14. The molecule has 3 aromatic rings. The van der Waals surface area contributed by atoms with Crippen LogP contribution in [0.25, 0.3) is 0 Å². The molecule has 0 fully saturated rings. The number of hydrogen-bond donors (Lipinski definition) is 2. The Morgan fingerprint density at radius 2 is 1.67 bits per heavy atom. The zero-order chi connectivity index (χ0) is 14.5. The van der Waals surface area contributed by atoms with Crippen LogP contribution in [0, 0.1) is 0 Å². The van der Waals surface area contributed by atoms with Gasteiger partial charge in [0, 0.05) is 17.1 Å². The van der Waals surface area contributed by atoms with E-state index in [-0.39, 0.29) is 6.04 Å². The highest BCUT2D eigenvalue weighted by Crippen LogP contribution is 2.26. The molecule has 3 heteroatoms. The molecular weight excluding hydrogens is 276 g/mol. The lowest BCUT2D eigenvalue weighted by Gasteiger charge is -2.18. The molecule has 0 saturated carbocycles. The second-order valence-corrected chi connectivity index (χ2v) is 5.92. The maximum Gasteiger partial charge on any atom is 0.0673 e. The highest BCUT2D eigenvalue weighted by atomic mass is 32.1. The first-order valence-corrected chi connectivity index (χ1v) is 7.87. The number of nitrogens with one attached hydrogen (secondary N) is 1. The van der Waals surface area contributed by atoms with Crippen molar-refractivity contribution in [1.29, 1.82) is 0 Å². The van der Waals surface area contributed by atoms with E-state index in [0.29, 0.717) is 0 Å². The molecule has 3 rings (SSSR count). The fourth-order valence-electron chi connectivity index (χ4n) is 2.39. The van der Waals surface area contributed by atoms with E-state index in [2.05, 4.69) is 53.2 Å². The molecule has 0 saturated heterocycles. The summed E-state index contributed by atoms with van der Waals surface area (Å²) in [6.07, 6.45) is 0. The quantitative estimate of drug-likeness (QED) is 0.692. The fraction of sp³-hybridized carbons (Fsp3) is 0.111. The molecule has 2 nitrogen and oxygen atoms in total. The van der Waals surface area contributed by atoms with Gasteiger partial charge in [-0.2, -0.15) is 0 Å². The van der Waals surface area contributed by atoms with Gasteiger partial charge in [-0.25, -0.2) is 0 Å². The van der Waals surface area contributed by atoms with Crippen LogP contribution < -0.4 is 11.1 Å². The molecule has 1 heterocycles. The van der Waals surface area contributed by atoms with Gasteiger partial charge < -0.3 is 11.1 Å². The summed E-state index contributed by atoms with van der Waals surface area (Å²) in [7, 11) is 0. The summed E-state index contributed by atoms with van der Waals surface area (Å²) in [6, 6.07) is 23.0. The number of para-hydroxylation sites is 1. The monoisotopic (exact) mass is 294 g/mol. The van der Waals surface area contributed by atoms with E-state index in [1.807, 2.05) is 24.3 Å². The summed E-state index contributed by atoms with van der Waals surface area (Å²) in [4.78, 5) is 1.32. The third kappa shape index (κ3) is 3.32. The number of hydrogen-bond acceptors (Lipinski definition) is 3. The Bertz CT molecular complexity index is 677. The second kappa shape index (κ2) is 6.57. The van der Waals surface area contributed by atoms with Crippen molar-refractivity contribution in [3.63, 3.8) is 0 Å². The van der Waals surface area contributed by atoms with Gasteiger partial charge in [0.1, 0.15) is 0 Å². The summed E-state index contributed by atoms with van der Waals surface area (Å²) < 4.78 is 0. The van der Waals surface area contributed by atoms with Crippen LogP contribution in [0.15, 0.2) is 72.1 Å². The lowest BCUT2D eigenvalue weighted by molar-refractivity contribution is 0.614. The molecule has 1 atom stereocenters. The van der Waals surface area contributed by atoms with Gasteiger partial charge in [0.25, 0.3) is 0 Å². The highest BCUT2D eigenvalue weighted by molar-refractivity contribution is 7.10. The Morgan fingerprint density at radius 1 is 0.905 bits per heavy atom. The van der Waals surface area contributed by atoms with E-state index in [1.54, 1.807) is 11.3 Å². The average Bonchev–Trinajstić information content (AvgIpc) is 3.04. The number of nitrogens with two attached hydrogens (primary N) is 1. The lowest BCUT2D eigenvalue weighted by atomic mass is 10.0. The summed E-state index contributed by atoms with van der Waals surface area (Å²) in [5.74, 6) is 0. The van der Waals surface area contributed by atoms with Crippen LogP contribution in [0.4, 0.5) is 5.69 Å². The van der Waals surface area contributed by atoms with Gasteiger partial charge >= 0.3 is 0 Å². The van der Waals surface area contributed by atoms with Crippen LogP contribution in [0.5, 0.6) is 0 Å². The second-order valence-electron chi connectivity index (χ2n) is 4.94. The number of anilines is 1. The molecule has 0 spiro atoms. The predicted molar refractivity (Wildman–Crippen MR) is 90.3 cm³/mol. The summed E-state index contributed by atoms with van der Waals surface area (Å²) in [5, 5.41) is 5.74. The van der Waals surface area contributed by atoms with E-state index in [1.165, 1.54) is 10.4 Å². The Morgan fingerprint density at radius 3 is 2.38 bits per heavy atom. The summed E-state index contributed by atoms with van der Waals surface area (Å²) >= 11 is 1.77. The lowest BCUT2D eigenvalue weighted by Crippen LogP contribution is -2.21. The van der Waals surface area contributed by atoms with Gasteiger partial charge in [0.15, 0.2) is 0 Å². The van der Waals surface area contributed by atoms with Crippen molar-refractivity contribution in [1.82, 2.24) is 5.32 Å². The Labute approximate surface area is 129 Å². The molecule has 0 amide bonds. The van der Waals surface area contributed by atoms with Gasteiger partial charge in [-0.1, -0.05) is 54.6 Å². The Balaban J connectivity index is 1.82. The maximum atomic E-state index is 6.03. The first-order chi connectivity index (χ1) is 10.3. The van der Waals surface area contributed by atoms with Crippen molar-refractivity contribution in [2.75, 3.05) is 5.73 Å². The van der Waals surface area contributed by atoms with Crippen molar-refractivity contribution in [2.24, 2.45) is 0 Å². The van der Waals surface area contributed by atoms with Crippen LogP contribution >= 0.6 is 11.3 Å². The fourth-order valence-corrected chi connectivity index (χ4v) is 3.22. The molecule has 1 aromatic heterocycles. The van der Waals surface area contributed by atoms with Gasteiger partial charge in [-0.3, -0.25) is 0 Å². The molecule has 0 bridgehead atoms. The molecule has 0 aliphatic heterocycles. The topological polar surface area (TPSA) is 38.0 Å². The van der Waals surface area contributed by atoms with Crippen molar-refractivity contribution >= 4 is 17.0 Å². The molecule has 1 unspecified atom stereocenters. The summed E-state index contributed by atoms with van der Waals surface area (Å²) in [5.41, 5.74) is 9.27. The zero-order valence-corrected chi connectivity index (χ0v) is 12.5. The predicted octanol–water partition coefficient (Wildman–Crippen LogP) is 4.21. The molecule has 106 valence electrons. The minimum Gasteiger partial charge on any atom is -0.398 e. The van der Waals surface area contributed by atoms with Crippen molar-refractivity contribution < 1.29 is 0 Å². The third-order valence-corrected chi connectivity index (χ3v) is 4.45.